The van der Waals surface area contributed by atoms with Gasteiger partial charge >= 0.3 is 0 Å². The van der Waals surface area contributed by atoms with E-state index >= 15 is 0 Å². The van der Waals surface area contributed by atoms with Crippen molar-refractivity contribution in [2.75, 3.05) is 0 Å². The first kappa shape index (κ1) is 17.7. The Morgan fingerprint density at radius 3 is 2.12 bits per heavy atom. The second-order valence-corrected chi connectivity index (χ2v) is 6.39. The molecule has 0 aliphatic rings. The SMILES string of the molecule is Cc1cc(C)c(N=Cc2ccc(/C=N/Oc3ccccc3)n2C)c(C)c1. The molecule has 0 bridgehead atoms. The first-order chi connectivity index (χ1) is 12.5. The van der Waals surface area contributed by atoms with Gasteiger partial charge in [-0.1, -0.05) is 41.1 Å². The van der Waals surface area contributed by atoms with E-state index in [1.54, 1.807) is 6.21 Å². The number of nitrogens with zero attached hydrogens (tertiary/aromatic N) is 3. The molecule has 0 spiro atoms. The van der Waals surface area contributed by atoms with Crippen LogP contribution in [0.3, 0.4) is 0 Å². The predicted molar refractivity (Wildman–Crippen MR) is 108 cm³/mol. The van der Waals surface area contributed by atoms with E-state index in [-0.39, 0.29) is 0 Å². The highest BCUT2D eigenvalue weighted by Gasteiger charge is 2.04. The van der Waals surface area contributed by atoms with Crippen LogP contribution < -0.4 is 4.84 Å². The highest BCUT2D eigenvalue weighted by molar-refractivity contribution is 5.85. The summed E-state index contributed by atoms with van der Waals surface area (Å²) in [6.45, 7) is 6.29. The van der Waals surface area contributed by atoms with Gasteiger partial charge in [-0.15, -0.1) is 0 Å². The van der Waals surface area contributed by atoms with E-state index in [1.807, 2.05) is 60.3 Å². The molecule has 1 heterocycles. The summed E-state index contributed by atoms with van der Waals surface area (Å²) < 4.78 is 2.03. The summed E-state index contributed by atoms with van der Waals surface area (Å²) in [5.74, 6) is 0.713. The Morgan fingerprint density at radius 2 is 1.46 bits per heavy atom. The molecule has 3 rings (SSSR count). The van der Waals surface area contributed by atoms with Crippen molar-refractivity contribution in [1.29, 1.82) is 0 Å². The molecular weight excluding hydrogens is 322 g/mol. The standard InChI is InChI=1S/C22H23N3O/c1-16-12-17(2)22(18(3)13-16)23-14-19-10-11-20(25(19)4)15-24-26-21-8-6-5-7-9-21/h5-15H,1-4H3/b23-14?,24-15+. The number of oxime groups is 1. The number of aliphatic imine (C=N–C) groups is 1. The lowest BCUT2D eigenvalue weighted by Gasteiger charge is -2.06. The first-order valence-corrected chi connectivity index (χ1v) is 8.57. The minimum absolute atomic E-state index is 0.713. The van der Waals surface area contributed by atoms with Crippen molar-refractivity contribution < 1.29 is 4.84 Å². The van der Waals surface area contributed by atoms with E-state index in [9.17, 15) is 0 Å². The third-order valence-electron chi connectivity index (χ3n) is 4.25. The average molecular weight is 345 g/mol. The van der Waals surface area contributed by atoms with Gasteiger partial charge in [0.15, 0.2) is 5.75 Å². The Kier molecular flexibility index (Phi) is 5.32. The number of para-hydroxylation sites is 1. The number of rotatable bonds is 5. The van der Waals surface area contributed by atoms with Crippen LogP contribution >= 0.6 is 0 Å². The number of aryl methyl sites for hydroxylation is 3. The summed E-state index contributed by atoms with van der Waals surface area (Å²) in [7, 11) is 1.99. The van der Waals surface area contributed by atoms with Crippen LogP contribution in [0.1, 0.15) is 28.1 Å². The van der Waals surface area contributed by atoms with Crippen molar-refractivity contribution in [3.63, 3.8) is 0 Å². The van der Waals surface area contributed by atoms with E-state index in [1.165, 1.54) is 16.7 Å². The lowest BCUT2D eigenvalue weighted by molar-refractivity contribution is 0.343. The molecule has 1 aromatic heterocycles. The fourth-order valence-corrected chi connectivity index (χ4v) is 2.93. The van der Waals surface area contributed by atoms with Gasteiger partial charge in [-0.25, -0.2) is 0 Å². The topological polar surface area (TPSA) is 38.9 Å². The van der Waals surface area contributed by atoms with Gasteiger partial charge < -0.3 is 9.40 Å². The molecule has 2 aromatic carbocycles. The van der Waals surface area contributed by atoms with Crippen molar-refractivity contribution in [2.24, 2.45) is 17.2 Å². The summed E-state index contributed by atoms with van der Waals surface area (Å²) >= 11 is 0. The van der Waals surface area contributed by atoms with E-state index in [0.29, 0.717) is 5.75 Å². The predicted octanol–water partition coefficient (Wildman–Crippen LogP) is 5.11. The second kappa shape index (κ2) is 7.83. The maximum Gasteiger partial charge on any atom is 0.157 e. The normalized spacial score (nSPS) is 11.5. The molecular formula is C22H23N3O. The zero-order chi connectivity index (χ0) is 18.5. The van der Waals surface area contributed by atoms with Gasteiger partial charge in [-0.2, -0.15) is 0 Å². The lowest BCUT2D eigenvalue weighted by Crippen LogP contribution is -2.00. The molecule has 0 fully saturated rings. The van der Waals surface area contributed by atoms with E-state index < -0.39 is 0 Å². The molecule has 0 atom stereocenters. The number of benzene rings is 2. The quantitative estimate of drug-likeness (QED) is 0.467. The summed E-state index contributed by atoms with van der Waals surface area (Å²) in [4.78, 5) is 10.1. The van der Waals surface area contributed by atoms with Crippen LogP contribution in [0.15, 0.2) is 64.7 Å². The third-order valence-corrected chi connectivity index (χ3v) is 4.25. The molecule has 0 saturated heterocycles. The smallest absolute Gasteiger partial charge is 0.157 e. The van der Waals surface area contributed by atoms with Crippen LogP contribution in [0.5, 0.6) is 5.75 Å². The monoisotopic (exact) mass is 345 g/mol. The molecule has 4 heteroatoms. The maximum atomic E-state index is 5.37. The van der Waals surface area contributed by atoms with Gasteiger partial charge in [0.2, 0.25) is 0 Å². The zero-order valence-corrected chi connectivity index (χ0v) is 15.6. The van der Waals surface area contributed by atoms with Gasteiger partial charge in [0, 0.05) is 7.05 Å². The largest absolute Gasteiger partial charge is 0.357 e. The second-order valence-electron chi connectivity index (χ2n) is 6.39. The molecule has 0 saturated carbocycles. The lowest BCUT2D eigenvalue weighted by atomic mass is 10.1. The molecule has 0 amide bonds. The number of hydrogen-bond donors (Lipinski definition) is 0. The minimum Gasteiger partial charge on any atom is -0.357 e. The van der Waals surface area contributed by atoms with Crippen molar-refractivity contribution in [3.05, 3.63) is 82.7 Å². The maximum absolute atomic E-state index is 5.37. The minimum atomic E-state index is 0.713. The summed E-state index contributed by atoms with van der Waals surface area (Å²) in [5, 5.41) is 4.05. The van der Waals surface area contributed by atoms with Crippen LogP contribution in [0, 0.1) is 20.8 Å². The van der Waals surface area contributed by atoms with Crippen molar-refractivity contribution in [1.82, 2.24) is 4.57 Å². The van der Waals surface area contributed by atoms with E-state index in [4.69, 9.17) is 9.83 Å². The summed E-state index contributed by atoms with van der Waals surface area (Å²) in [5.41, 5.74) is 6.61. The van der Waals surface area contributed by atoms with Gasteiger partial charge in [-0.05, 0) is 56.2 Å². The van der Waals surface area contributed by atoms with E-state index in [2.05, 4.69) is 38.1 Å². The molecule has 4 nitrogen and oxygen atoms in total. The Labute approximate surface area is 154 Å². The average Bonchev–Trinajstić information content (AvgIpc) is 2.95. The van der Waals surface area contributed by atoms with Crippen LogP contribution in [0.25, 0.3) is 0 Å². The number of aromatic nitrogens is 1. The first-order valence-electron chi connectivity index (χ1n) is 8.57. The molecule has 26 heavy (non-hydrogen) atoms. The van der Waals surface area contributed by atoms with Gasteiger partial charge in [0.1, 0.15) is 0 Å². The Hall–Kier alpha value is -3.14. The molecule has 3 aromatic rings. The third kappa shape index (κ3) is 4.09. The van der Waals surface area contributed by atoms with Crippen LogP contribution in [-0.4, -0.2) is 17.0 Å². The van der Waals surface area contributed by atoms with Gasteiger partial charge in [0.25, 0.3) is 0 Å². The van der Waals surface area contributed by atoms with Crippen LogP contribution in [0.4, 0.5) is 5.69 Å². The Bertz CT molecular complexity index is 930. The van der Waals surface area contributed by atoms with Crippen molar-refractivity contribution in [2.45, 2.75) is 20.8 Å². The van der Waals surface area contributed by atoms with E-state index in [0.717, 1.165) is 17.1 Å². The zero-order valence-electron chi connectivity index (χ0n) is 15.6. The fourth-order valence-electron chi connectivity index (χ4n) is 2.93. The molecule has 0 N–H and O–H groups in total. The Balaban J connectivity index is 1.75. The molecule has 0 aliphatic carbocycles. The summed E-state index contributed by atoms with van der Waals surface area (Å²) in [6.07, 6.45) is 3.59. The van der Waals surface area contributed by atoms with Crippen LogP contribution in [-0.2, 0) is 7.05 Å². The van der Waals surface area contributed by atoms with Gasteiger partial charge in [-0.3, -0.25) is 4.99 Å². The molecule has 0 unspecified atom stereocenters. The molecule has 0 aliphatic heterocycles. The van der Waals surface area contributed by atoms with Gasteiger partial charge in [0.05, 0.1) is 29.5 Å². The molecule has 132 valence electrons. The highest BCUT2D eigenvalue weighted by atomic mass is 16.6. The molecule has 0 radical (unpaired) electrons. The van der Waals surface area contributed by atoms with Crippen LogP contribution in [0.2, 0.25) is 0 Å². The number of hydrogen-bond acceptors (Lipinski definition) is 3. The van der Waals surface area contributed by atoms with Crippen molar-refractivity contribution >= 4 is 18.1 Å². The highest BCUT2D eigenvalue weighted by Crippen LogP contribution is 2.25. The summed E-state index contributed by atoms with van der Waals surface area (Å²) in [6, 6.07) is 17.8. The Morgan fingerprint density at radius 1 is 0.846 bits per heavy atom. The van der Waals surface area contributed by atoms with Crippen molar-refractivity contribution in [3.8, 4) is 5.75 Å². The fraction of sp³-hybridized carbons (Fsp3) is 0.182.